The van der Waals surface area contributed by atoms with Crippen LogP contribution in [0.2, 0.25) is 0 Å². The van der Waals surface area contributed by atoms with E-state index in [-0.39, 0.29) is 29.7 Å². The minimum atomic E-state index is -0.294. The molecule has 0 saturated carbocycles. The number of carbonyl (C=O) groups excluding carboxylic acids is 1. The van der Waals surface area contributed by atoms with Crippen LogP contribution in [0, 0.1) is 12.7 Å². The summed E-state index contributed by atoms with van der Waals surface area (Å²) in [5, 5.41) is 4.13. The lowest BCUT2D eigenvalue weighted by molar-refractivity contribution is -0.133. The van der Waals surface area contributed by atoms with E-state index in [1.54, 1.807) is 30.2 Å². The molecule has 1 amide bonds. The lowest BCUT2D eigenvalue weighted by Gasteiger charge is -2.31. The summed E-state index contributed by atoms with van der Waals surface area (Å²) in [6.45, 7) is 2.82. The first-order chi connectivity index (χ1) is 14.5. The van der Waals surface area contributed by atoms with Crippen LogP contribution in [0.5, 0.6) is 0 Å². The van der Waals surface area contributed by atoms with Crippen LogP contribution in [0.4, 0.5) is 4.39 Å². The first-order valence-corrected chi connectivity index (χ1v) is 9.99. The fourth-order valence-electron chi connectivity index (χ4n) is 3.74. The predicted molar refractivity (Wildman–Crippen MR) is 107 cm³/mol. The van der Waals surface area contributed by atoms with Crippen molar-refractivity contribution in [3.63, 3.8) is 0 Å². The summed E-state index contributed by atoms with van der Waals surface area (Å²) in [6, 6.07) is 9.44. The minimum Gasteiger partial charge on any atom is -0.445 e. The van der Waals surface area contributed by atoms with Crippen molar-refractivity contribution in [3.8, 4) is 0 Å². The molecule has 1 aliphatic heterocycles. The van der Waals surface area contributed by atoms with Gasteiger partial charge < -0.3 is 9.32 Å². The summed E-state index contributed by atoms with van der Waals surface area (Å²) in [7, 11) is 0. The van der Waals surface area contributed by atoms with Gasteiger partial charge in [0.1, 0.15) is 18.1 Å². The Morgan fingerprint density at radius 3 is 3.00 bits per heavy atom. The Morgan fingerprint density at radius 2 is 2.17 bits per heavy atom. The highest BCUT2D eigenvalue weighted by atomic mass is 19.1. The molecule has 0 bridgehead atoms. The molecule has 1 aromatic carbocycles. The van der Waals surface area contributed by atoms with E-state index in [1.807, 2.05) is 6.07 Å². The van der Waals surface area contributed by atoms with Gasteiger partial charge in [-0.1, -0.05) is 12.1 Å². The Hall–Kier alpha value is -3.29. The zero-order valence-electron chi connectivity index (χ0n) is 16.8. The summed E-state index contributed by atoms with van der Waals surface area (Å²) in [5.41, 5.74) is 1.20. The van der Waals surface area contributed by atoms with Gasteiger partial charge in [0.2, 0.25) is 5.91 Å². The maximum absolute atomic E-state index is 13.4. The zero-order valence-corrected chi connectivity index (χ0v) is 16.8. The number of hydrogen-bond donors (Lipinski definition) is 0. The number of halogens is 1. The van der Waals surface area contributed by atoms with Crippen molar-refractivity contribution in [1.29, 1.82) is 0 Å². The Bertz CT molecular complexity index is 1110. The molecule has 156 valence electrons. The molecule has 1 atom stereocenters. The molecule has 1 unspecified atom stereocenters. The van der Waals surface area contributed by atoms with Gasteiger partial charge in [0.25, 0.3) is 5.56 Å². The van der Waals surface area contributed by atoms with Gasteiger partial charge >= 0.3 is 0 Å². The van der Waals surface area contributed by atoms with Crippen LogP contribution >= 0.6 is 0 Å². The van der Waals surface area contributed by atoms with Gasteiger partial charge in [0, 0.05) is 25.6 Å². The molecule has 3 heterocycles. The van der Waals surface area contributed by atoms with E-state index >= 15 is 0 Å². The van der Waals surface area contributed by atoms with E-state index in [0.717, 1.165) is 18.4 Å². The highest BCUT2D eigenvalue weighted by Gasteiger charge is 2.28. The number of rotatable bonds is 5. The molecule has 1 fully saturated rings. The number of oxazole rings is 1. The smallest absolute Gasteiger partial charge is 0.267 e. The zero-order chi connectivity index (χ0) is 21.1. The minimum absolute atomic E-state index is 0.00819. The lowest BCUT2D eigenvalue weighted by Crippen LogP contribution is -2.42. The molecule has 0 aliphatic carbocycles. The fourth-order valence-corrected chi connectivity index (χ4v) is 3.74. The molecule has 2 aromatic heterocycles. The van der Waals surface area contributed by atoms with Gasteiger partial charge in [-0.15, -0.1) is 0 Å². The van der Waals surface area contributed by atoms with Crippen LogP contribution in [0.3, 0.4) is 0 Å². The largest absolute Gasteiger partial charge is 0.445 e. The second kappa shape index (κ2) is 8.61. The Kier molecular flexibility index (Phi) is 5.74. The van der Waals surface area contributed by atoms with E-state index in [1.165, 1.54) is 22.9 Å². The van der Waals surface area contributed by atoms with E-state index in [4.69, 9.17) is 4.42 Å². The normalized spacial score (nSPS) is 16.6. The van der Waals surface area contributed by atoms with E-state index < -0.39 is 0 Å². The Balaban J connectivity index is 1.41. The molecule has 1 saturated heterocycles. The third-order valence-corrected chi connectivity index (χ3v) is 5.25. The van der Waals surface area contributed by atoms with E-state index in [0.29, 0.717) is 36.9 Å². The third-order valence-electron chi connectivity index (χ3n) is 5.25. The number of benzene rings is 1. The molecule has 0 spiro atoms. The van der Waals surface area contributed by atoms with Crippen LogP contribution in [0.1, 0.15) is 41.7 Å². The van der Waals surface area contributed by atoms with Crippen LogP contribution in [-0.2, 0) is 17.8 Å². The van der Waals surface area contributed by atoms with Gasteiger partial charge in [-0.25, -0.2) is 14.1 Å². The standard InChI is InChI=1S/C22H23FN4O3/c1-15-7-8-20(28)27(25-15)14-21(29)26-9-3-5-17(13-26)22-24-12-19(30-22)11-16-4-2-6-18(23)10-16/h2,4,6-8,10,12,17H,3,5,9,11,13-14H2,1H3. The molecule has 3 aromatic rings. The van der Waals surface area contributed by atoms with Crippen LogP contribution in [0.25, 0.3) is 0 Å². The van der Waals surface area contributed by atoms with Gasteiger partial charge in [-0.2, -0.15) is 5.10 Å². The predicted octanol–water partition coefficient (Wildman–Crippen LogP) is 2.68. The Labute approximate surface area is 173 Å². The van der Waals surface area contributed by atoms with Crippen molar-refractivity contribution in [3.05, 3.63) is 81.7 Å². The highest BCUT2D eigenvalue weighted by molar-refractivity contribution is 5.76. The number of carbonyl (C=O) groups is 1. The first kappa shape index (κ1) is 20.0. The number of hydrogen-bond acceptors (Lipinski definition) is 5. The fraction of sp³-hybridized carbons (Fsp3) is 0.364. The van der Waals surface area contributed by atoms with Gasteiger partial charge in [-0.05, 0) is 43.5 Å². The lowest BCUT2D eigenvalue weighted by atomic mass is 9.98. The molecular formula is C22H23FN4O3. The summed E-state index contributed by atoms with van der Waals surface area (Å²) in [5.74, 6) is 0.813. The number of nitrogens with zero attached hydrogens (tertiary/aromatic N) is 4. The number of piperidine rings is 1. The van der Waals surface area contributed by atoms with Crippen LogP contribution in [0.15, 0.2) is 51.8 Å². The SMILES string of the molecule is Cc1ccc(=O)n(CC(=O)N2CCCC(c3ncc(Cc4cccc(F)c4)o3)C2)n1. The molecule has 8 heteroatoms. The van der Waals surface area contributed by atoms with Crippen molar-refractivity contribution in [1.82, 2.24) is 19.7 Å². The molecule has 30 heavy (non-hydrogen) atoms. The topological polar surface area (TPSA) is 81.2 Å². The molecule has 0 radical (unpaired) electrons. The van der Waals surface area contributed by atoms with E-state index in [9.17, 15) is 14.0 Å². The maximum atomic E-state index is 13.4. The van der Waals surface area contributed by atoms with Crippen LogP contribution in [-0.4, -0.2) is 38.7 Å². The molecule has 1 aliphatic rings. The quantitative estimate of drug-likeness (QED) is 0.646. The molecule has 4 rings (SSSR count). The third kappa shape index (κ3) is 4.64. The summed E-state index contributed by atoms with van der Waals surface area (Å²) < 4.78 is 20.5. The summed E-state index contributed by atoms with van der Waals surface area (Å²) in [6.07, 6.45) is 3.82. The Morgan fingerprint density at radius 1 is 1.30 bits per heavy atom. The number of aromatic nitrogens is 3. The van der Waals surface area contributed by atoms with Crippen molar-refractivity contribution in [2.45, 2.75) is 38.6 Å². The number of aryl methyl sites for hydroxylation is 1. The second-order valence-electron chi connectivity index (χ2n) is 7.62. The second-order valence-corrected chi connectivity index (χ2v) is 7.62. The maximum Gasteiger partial charge on any atom is 0.267 e. The molecular weight excluding hydrogens is 387 g/mol. The molecule has 0 N–H and O–H groups in total. The van der Waals surface area contributed by atoms with Crippen molar-refractivity contribution in [2.24, 2.45) is 0 Å². The monoisotopic (exact) mass is 410 g/mol. The van der Waals surface area contributed by atoms with Crippen LogP contribution < -0.4 is 5.56 Å². The van der Waals surface area contributed by atoms with Crippen molar-refractivity contribution >= 4 is 5.91 Å². The average molecular weight is 410 g/mol. The average Bonchev–Trinajstić information content (AvgIpc) is 3.19. The highest BCUT2D eigenvalue weighted by Crippen LogP contribution is 2.27. The van der Waals surface area contributed by atoms with Crippen molar-refractivity contribution in [2.75, 3.05) is 13.1 Å². The van der Waals surface area contributed by atoms with E-state index in [2.05, 4.69) is 10.1 Å². The number of amides is 1. The molecule has 7 nitrogen and oxygen atoms in total. The van der Waals surface area contributed by atoms with Crippen molar-refractivity contribution < 1.29 is 13.6 Å². The first-order valence-electron chi connectivity index (χ1n) is 9.99. The summed E-state index contributed by atoms with van der Waals surface area (Å²) in [4.78, 5) is 30.8. The van der Waals surface area contributed by atoms with Gasteiger partial charge in [0.05, 0.1) is 17.8 Å². The van der Waals surface area contributed by atoms with Gasteiger partial charge in [-0.3, -0.25) is 9.59 Å². The van der Waals surface area contributed by atoms with Gasteiger partial charge in [0.15, 0.2) is 5.89 Å². The number of likely N-dealkylation sites (tertiary alicyclic amines) is 1. The summed E-state index contributed by atoms with van der Waals surface area (Å²) >= 11 is 0.